The minimum absolute atomic E-state index is 0. The summed E-state index contributed by atoms with van der Waals surface area (Å²) in [4.78, 5) is 25.2. The normalized spacial score (nSPS) is 13.3. The van der Waals surface area contributed by atoms with Crippen molar-refractivity contribution in [1.82, 2.24) is 14.5 Å². The average molecular weight is 342 g/mol. The Morgan fingerprint density at radius 1 is 1.29 bits per heavy atom. The zero-order valence-corrected chi connectivity index (χ0v) is 13.9. The fraction of sp³-hybridized carbons (Fsp3) is 0.176. The van der Waals surface area contributed by atoms with Gasteiger partial charge in [-0.25, -0.2) is 4.98 Å². The summed E-state index contributed by atoms with van der Waals surface area (Å²) in [5.41, 5.74) is 2.82. The van der Waals surface area contributed by atoms with Crippen LogP contribution in [0.15, 0.2) is 47.7 Å². The topological polar surface area (TPSA) is 72.2 Å². The molecule has 0 radical (unpaired) electrons. The SMILES string of the molecule is Cc1cccc2c3n(c(=NC(=O)c4cccnc4)nc12)CCN3.Cl. The van der Waals surface area contributed by atoms with Crippen LogP contribution in [0.3, 0.4) is 0 Å². The number of carbonyl (C=O) groups is 1. The largest absolute Gasteiger partial charge is 0.369 e. The molecule has 0 aliphatic carbocycles. The molecule has 3 aromatic rings. The zero-order valence-electron chi connectivity index (χ0n) is 13.1. The number of amides is 1. The van der Waals surface area contributed by atoms with Crippen molar-refractivity contribution in [2.24, 2.45) is 4.99 Å². The van der Waals surface area contributed by atoms with E-state index in [9.17, 15) is 4.79 Å². The minimum Gasteiger partial charge on any atom is -0.369 e. The number of hydrogen-bond acceptors (Lipinski definition) is 4. The average Bonchev–Trinajstić information content (AvgIpc) is 3.07. The molecule has 1 amide bonds. The number of fused-ring (bicyclic) bond motifs is 3. The Bertz CT molecular complexity index is 981. The second-order valence-corrected chi connectivity index (χ2v) is 5.47. The van der Waals surface area contributed by atoms with E-state index in [0.29, 0.717) is 11.2 Å². The number of aryl methyl sites for hydroxylation is 1. The fourth-order valence-corrected chi connectivity index (χ4v) is 2.82. The molecule has 0 bridgehead atoms. The van der Waals surface area contributed by atoms with E-state index in [0.717, 1.165) is 35.4 Å². The molecule has 4 rings (SSSR count). The van der Waals surface area contributed by atoms with Crippen molar-refractivity contribution in [1.29, 1.82) is 0 Å². The van der Waals surface area contributed by atoms with Crippen molar-refractivity contribution in [3.63, 3.8) is 0 Å². The number of hydrogen-bond donors (Lipinski definition) is 1. The Hall–Kier alpha value is -2.73. The van der Waals surface area contributed by atoms with Crippen molar-refractivity contribution in [3.8, 4) is 0 Å². The summed E-state index contributed by atoms with van der Waals surface area (Å²) in [6.45, 7) is 3.55. The van der Waals surface area contributed by atoms with Gasteiger partial charge in [-0.3, -0.25) is 14.3 Å². The van der Waals surface area contributed by atoms with Gasteiger partial charge in [-0.1, -0.05) is 12.1 Å². The third-order valence-corrected chi connectivity index (χ3v) is 3.95. The van der Waals surface area contributed by atoms with Crippen molar-refractivity contribution in [2.45, 2.75) is 13.5 Å². The van der Waals surface area contributed by atoms with E-state index in [2.05, 4.69) is 20.3 Å². The molecule has 122 valence electrons. The molecular weight excluding hydrogens is 326 g/mol. The second-order valence-electron chi connectivity index (χ2n) is 5.47. The van der Waals surface area contributed by atoms with Gasteiger partial charge in [0.2, 0.25) is 5.62 Å². The number of nitrogens with one attached hydrogen (secondary N) is 1. The van der Waals surface area contributed by atoms with E-state index in [1.807, 2.05) is 29.7 Å². The Morgan fingerprint density at radius 2 is 2.17 bits per heavy atom. The lowest BCUT2D eigenvalue weighted by atomic mass is 10.1. The van der Waals surface area contributed by atoms with Crippen molar-refractivity contribution in [3.05, 3.63) is 59.5 Å². The van der Waals surface area contributed by atoms with Crippen LogP contribution in [0, 0.1) is 6.92 Å². The molecule has 0 saturated carbocycles. The summed E-state index contributed by atoms with van der Waals surface area (Å²) in [6, 6.07) is 9.48. The van der Waals surface area contributed by atoms with Gasteiger partial charge in [-0.15, -0.1) is 12.4 Å². The number of pyridine rings is 1. The molecule has 2 aromatic heterocycles. The van der Waals surface area contributed by atoms with E-state index in [1.165, 1.54) is 6.20 Å². The molecule has 0 fully saturated rings. The molecule has 24 heavy (non-hydrogen) atoms. The Labute approximate surface area is 144 Å². The van der Waals surface area contributed by atoms with Gasteiger partial charge in [-0.05, 0) is 30.7 Å². The zero-order chi connectivity index (χ0) is 15.8. The van der Waals surface area contributed by atoms with E-state index >= 15 is 0 Å². The number of halogens is 1. The number of nitrogens with zero attached hydrogens (tertiary/aromatic N) is 4. The van der Waals surface area contributed by atoms with Crippen LogP contribution in [0.1, 0.15) is 15.9 Å². The smallest absolute Gasteiger partial charge is 0.281 e. The van der Waals surface area contributed by atoms with Crippen molar-refractivity contribution >= 4 is 35.0 Å². The fourth-order valence-electron chi connectivity index (χ4n) is 2.82. The van der Waals surface area contributed by atoms with Crippen LogP contribution in [0.4, 0.5) is 5.82 Å². The first kappa shape index (κ1) is 16.1. The van der Waals surface area contributed by atoms with Crippen LogP contribution in [0.25, 0.3) is 10.9 Å². The summed E-state index contributed by atoms with van der Waals surface area (Å²) >= 11 is 0. The van der Waals surface area contributed by atoms with Gasteiger partial charge in [0.25, 0.3) is 5.91 Å². The van der Waals surface area contributed by atoms with Crippen molar-refractivity contribution in [2.75, 3.05) is 11.9 Å². The van der Waals surface area contributed by atoms with Crippen molar-refractivity contribution < 1.29 is 4.79 Å². The summed E-state index contributed by atoms with van der Waals surface area (Å²) in [6.07, 6.45) is 3.14. The van der Waals surface area contributed by atoms with Gasteiger partial charge < -0.3 is 5.32 Å². The highest BCUT2D eigenvalue weighted by Crippen LogP contribution is 2.24. The number of carbonyl (C=O) groups excluding carboxylic acids is 1. The van der Waals surface area contributed by atoms with Gasteiger partial charge in [0.1, 0.15) is 5.82 Å². The first-order valence-electron chi connectivity index (χ1n) is 7.47. The van der Waals surface area contributed by atoms with Gasteiger partial charge in [0.05, 0.1) is 11.1 Å². The first-order valence-corrected chi connectivity index (χ1v) is 7.47. The minimum atomic E-state index is -0.333. The van der Waals surface area contributed by atoms with Gasteiger partial charge in [-0.2, -0.15) is 4.99 Å². The summed E-state index contributed by atoms with van der Waals surface area (Å²) in [5.74, 6) is 0.636. The molecule has 1 aliphatic rings. The molecule has 3 heterocycles. The van der Waals surface area contributed by atoms with Crippen LogP contribution in [0.5, 0.6) is 0 Å². The lowest BCUT2D eigenvalue weighted by Crippen LogP contribution is -2.25. The first-order chi connectivity index (χ1) is 11.2. The molecule has 1 aromatic carbocycles. The quantitative estimate of drug-likeness (QED) is 0.737. The van der Waals surface area contributed by atoms with E-state index in [-0.39, 0.29) is 18.3 Å². The summed E-state index contributed by atoms with van der Waals surface area (Å²) < 4.78 is 1.95. The summed E-state index contributed by atoms with van der Waals surface area (Å²) in [5, 5.41) is 4.41. The predicted molar refractivity (Wildman–Crippen MR) is 94.3 cm³/mol. The maximum absolute atomic E-state index is 12.4. The third kappa shape index (κ3) is 2.65. The molecular formula is C17H16ClN5O. The Morgan fingerprint density at radius 3 is 2.96 bits per heavy atom. The molecule has 7 heteroatoms. The monoisotopic (exact) mass is 341 g/mol. The maximum atomic E-state index is 12.4. The molecule has 1 N–H and O–H groups in total. The van der Waals surface area contributed by atoms with Gasteiger partial charge in [0.15, 0.2) is 0 Å². The van der Waals surface area contributed by atoms with E-state index in [4.69, 9.17) is 0 Å². The van der Waals surface area contributed by atoms with Gasteiger partial charge in [0, 0.05) is 30.9 Å². The highest BCUT2D eigenvalue weighted by molar-refractivity contribution is 5.95. The maximum Gasteiger partial charge on any atom is 0.281 e. The van der Waals surface area contributed by atoms with Crippen LogP contribution in [0.2, 0.25) is 0 Å². The number of aromatic nitrogens is 3. The number of rotatable bonds is 1. The highest BCUT2D eigenvalue weighted by atomic mass is 35.5. The standard InChI is InChI=1S/C17H15N5O.ClH/c1-11-4-2-6-13-14(11)20-17(22-9-8-19-15(13)22)21-16(23)12-5-3-7-18-10-12;/h2-7,10,19H,8-9H2,1H3;1H. The number of benzene rings is 1. The molecule has 0 unspecified atom stereocenters. The van der Waals surface area contributed by atoms with Crippen LogP contribution in [-0.2, 0) is 6.54 Å². The van der Waals surface area contributed by atoms with Crippen LogP contribution in [-0.4, -0.2) is 27.0 Å². The van der Waals surface area contributed by atoms with Gasteiger partial charge >= 0.3 is 0 Å². The molecule has 0 atom stereocenters. The highest BCUT2D eigenvalue weighted by Gasteiger charge is 2.16. The van der Waals surface area contributed by atoms with E-state index in [1.54, 1.807) is 18.3 Å². The summed E-state index contributed by atoms with van der Waals surface area (Å²) in [7, 11) is 0. The molecule has 0 saturated heterocycles. The Kier molecular flexibility index (Phi) is 4.31. The third-order valence-electron chi connectivity index (χ3n) is 3.95. The van der Waals surface area contributed by atoms with Crippen LogP contribution < -0.4 is 10.9 Å². The predicted octanol–water partition coefficient (Wildman–Crippen LogP) is 2.33. The lowest BCUT2D eigenvalue weighted by Gasteiger charge is -2.09. The Balaban J connectivity index is 0.00000169. The van der Waals surface area contributed by atoms with Crippen LogP contribution >= 0.6 is 12.4 Å². The number of anilines is 1. The molecule has 6 nitrogen and oxygen atoms in total. The second kappa shape index (κ2) is 6.41. The molecule has 0 spiro atoms. The van der Waals surface area contributed by atoms with E-state index < -0.39 is 0 Å². The molecule has 1 aliphatic heterocycles. The number of para-hydroxylation sites is 1. The lowest BCUT2D eigenvalue weighted by molar-refractivity contribution is 0.0996.